The number of likely N-dealkylation sites (N-methyl/N-ethyl adjacent to an activating group) is 1. The molecular formula is C33H32Cl3N3O4S. The fraction of sp³-hybridized carbons (Fsp3) is 0.212. The van der Waals surface area contributed by atoms with Crippen LogP contribution in [0.2, 0.25) is 15.1 Å². The number of hydrogen-bond donors (Lipinski definition) is 1. The molecule has 0 spiro atoms. The second-order valence-corrected chi connectivity index (χ2v) is 13.3. The fourth-order valence-corrected chi connectivity index (χ4v) is 6.74. The molecule has 0 aliphatic rings. The van der Waals surface area contributed by atoms with Gasteiger partial charge in [0.15, 0.2) is 0 Å². The molecule has 0 bridgehead atoms. The van der Waals surface area contributed by atoms with E-state index in [2.05, 4.69) is 5.32 Å². The third kappa shape index (κ3) is 8.33. The summed E-state index contributed by atoms with van der Waals surface area (Å²) in [5.74, 6) is -0.996. The number of carbonyl (C=O) groups excluding carboxylic acids is 2. The predicted molar refractivity (Wildman–Crippen MR) is 177 cm³/mol. The normalized spacial score (nSPS) is 11.9. The SMILES string of the molecule is CCNC(=O)[C@H](Cc1ccccc1)N(Cc1ccc(Cl)cc1Cl)C(=O)CN(c1cccc(Cl)c1)S(=O)(=O)c1ccc(C)cc1. The molecule has 0 fully saturated rings. The number of carbonyl (C=O) groups is 2. The number of amides is 2. The van der Waals surface area contributed by atoms with Crippen molar-refractivity contribution in [2.24, 2.45) is 0 Å². The molecule has 0 saturated carbocycles. The maximum Gasteiger partial charge on any atom is 0.264 e. The van der Waals surface area contributed by atoms with Crippen LogP contribution >= 0.6 is 34.8 Å². The van der Waals surface area contributed by atoms with Gasteiger partial charge < -0.3 is 10.2 Å². The largest absolute Gasteiger partial charge is 0.355 e. The van der Waals surface area contributed by atoms with Gasteiger partial charge in [-0.25, -0.2) is 8.42 Å². The lowest BCUT2D eigenvalue weighted by atomic mass is 10.0. The van der Waals surface area contributed by atoms with Crippen LogP contribution in [0.4, 0.5) is 5.69 Å². The molecule has 0 heterocycles. The van der Waals surface area contributed by atoms with E-state index in [1.165, 1.54) is 23.1 Å². The summed E-state index contributed by atoms with van der Waals surface area (Å²) in [5.41, 5.74) is 2.45. The van der Waals surface area contributed by atoms with Crippen LogP contribution in [0.15, 0.2) is 102 Å². The highest BCUT2D eigenvalue weighted by molar-refractivity contribution is 7.92. The average molecular weight is 673 g/mol. The van der Waals surface area contributed by atoms with Crippen LogP contribution in [0.25, 0.3) is 0 Å². The van der Waals surface area contributed by atoms with E-state index in [0.717, 1.165) is 15.4 Å². The molecule has 0 unspecified atom stereocenters. The molecule has 0 saturated heterocycles. The van der Waals surface area contributed by atoms with Crippen LogP contribution in [0.3, 0.4) is 0 Å². The Morgan fingerprint density at radius 1 is 0.841 bits per heavy atom. The Bertz CT molecular complexity index is 1720. The molecule has 0 radical (unpaired) electrons. The zero-order chi connectivity index (χ0) is 31.9. The van der Waals surface area contributed by atoms with Gasteiger partial charge in [-0.05, 0) is 67.4 Å². The van der Waals surface area contributed by atoms with Crippen molar-refractivity contribution in [1.29, 1.82) is 0 Å². The molecule has 4 aromatic carbocycles. The summed E-state index contributed by atoms with van der Waals surface area (Å²) in [6.07, 6.45) is 0.186. The predicted octanol–water partition coefficient (Wildman–Crippen LogP) is 6.93. The van der Waals surface area contributed by atoms with E-state index < -0.39 is 28.5 Å². The van der Waals surface area contributed by atoms with Gasteiger partial charge in [-0.3, -0.25) is 13.9 Å². The summed E-state index contributed by atoms with van der Waals surface area (Å²) < 4.78 is 29.1. The summed E-state index contributed by atoms with van der Waals surface area (Å²) in [6.45, 7) is 3.30. The number of nitrogens with zero attached hydrogens (tertiary/aromatic N) is 2. The van der Waals surface area contributed by atoms with Crippen molar-refractivity contribution in [2.75, 3.05) is 17.4 Å². The first-order valence-electron chi connectivity index (χ1n) is 13.9. The van der Waals surface area contributed by atoms with Crippen molar-refractivity contribution in [2.45, 2.75) is 37.8 Å². The maximum atomic E-state index is 14.4. The fourth-order valence-electron chi connectivity index (χ4n) is 4.68. The van der Waals surface area contributed by atoms with Crippen molar-refractivity contribution < 1.29 is 18.0 Å². The zero-order valence-electron chi connectivity index (χ0n) is 24.2. The van der Waals surface area contributed by atoms with Gasteiger partial charge in [0.1, 0.15) is 12.6 Å². The second-order valence-electron chi connectivity index (χ2n) is 10.2. The summed E-state index contributed by atoms with van der Waals surface area (Å²) >= 11 is 18.9. The Hall–Kier alpha value is -3.56. The van der Waals surface area contributed by atoms with Gasteiger partial charge in [0.25, 0.3) is 10.0 Å². The lowest BCUT2D eigenvalue weighted by Crippen LogP contribution is -2.53. The number of benzene rings is 4. The third-order valence-corrected chi connectivity index (χ3v) is 9.57. The van der Waals surface area contributed by atoms with Crippen LogP contribution in [0.5, 0.6) is 0 Å². The van der Waals surface area contributed by atoms with E-state index >= 15 is 0 Å². The van der Waals surface area contributed by atoms with Crippen molar-refractivity contribution in [1.82, 2.24) is 10.2 Å². The van der Waals surface area contributed by atoms with Crippen LogP contribution < -0.4 is 9.62 Å². The Morgan fingerprint density at radius 3 is 2.16 bits per heavy atom. The smallest absolute Gasteiger partial charge is 0.264 e. The van der Waals surface area contributed by atoms with Gasteiger partial charge in [0, 0.05) is 34.6 Å². The number of sulfonamides is 1. The summed E-state index contributed by atoms with van der Waals surface area (Å²) in [7, 11) is -4.23. The lowest BCUT2D eigenvalue weighted by Gasteiger charge is -2.34. The highest BCUT2D eigenvalue weighted by Gasteiger charge is 2.35. The number of anilines is 1. The van der Waals surface area contributed by atoms with Gasteiger partial charge in [-0.1, -0.05) is 95.0 Å². The summed E-state index contributed by atoms with van der Waals surface area (Å²) in [4.78, 5) is 29.3. The molecule has 11 heteroatoms. The monoisotopic (exact) mass is 671 g/mol. The van der Waals surface area contributed by atoms with E-state index in [-0.39, 0.29) is 29.5 Å². The average Bonchev–Trinajstić information content (AvgIpc) is 2.99. The third-order valence-electron chi connectivity index (χ3n) is 6.96. The van der Waals surface area contributed by atoms with Gasteiger partial charge in [-0.15, -0.1) is 0 Å². The number of hydrogen-bond acceptors (Lipinski definition) is 4. The minimum Gasteiger partial charge on any atom is -0.355 e. The molecule has 1 atom stereocenters. The van der Waals surface area contributed by atoms with E-state index in [4.69, 9.17) is 34.8 Å². The second kappa shape index (κ2) is 14.9. The Kier molecular flexibility index (Phi) is 11.3. The van der Waals surface area contributed by atoms with Gasteiger partial charge >= 0.3 is 0 Å². The molecular weight excluding hydrogens is 641 g/mol. The molecule has 1 N–H and O–H groups in total. The molecule has 4 aromatic rings. The van der Waals surface area contributed by atoms with Gasteiger partial charge in [0.05, 0.1) is 10.6 Å². The quantitative estimate of drug-likeness (QED) is 0.177. The first kappa shape index (κ1) is 33.3. The number of nitrogens with one attached hydrogen (secondary N) is 1. The molecule has 44 heavy (non-hydrogen) atoms. The standard InChI is InChI=1S/C33H32Cl3N3O4S/c1-3-37-33(41)31(18-24-8-5-4-6-9-24)38(21-25-14-15-27(35)20-30(25)36)32(40)22-39(28-11-7-10-26(34)19-28)44(42,43)29-16-12-23(2)13-17-29/h4-17,19-20,31H,3,18,21-22H2,1-2H3,(H,37,41)/t31-/m0/s1. The minimum absolute atomic E-state index is 0.00716. The topological polar surface area (TPSA) is 86.8 Å². The molecule has 4 rings (SSSR count). The number of rotatable bonds is 12. The Morgan fingerprint density at radius 2 is 1.52 bits per heavy atom. The summed E-state index contributed by atoms with van der Waals surface area (Å²) in [6, 6.07) is 25.8. The van der Waals surface area contributed by atoms with Crippen molar-refractivity contribution in [3.63, 3.8) is 0 Å². The Balaban J connectivity index is 1.82. The Labute approximate surface area is 273 Å². The van der Waals surface area contributed by atoms with Gasteiger partial charge in [-0.2, -0.15) is 0 Å². The number of aryl methyl sites for hydroxylation is 1. The molecule has 230 valence electrons. The van der Waals surface area contributed by atoms with Crippen LogP contribution in [-0.4, -0.2) is 44.3 Å². The van der Waals surface area contributed by atoms with Crippen LogP contribution in [0, 0.1) is 6.92 Å². The highest BCUT2D eigenvalue weighted by Crippen LogP contribution is 2.28. The molecule has 0 aliphatic heterocycles. The first-order valence-corrected chi connectivity index (χ1v) is 16.5. The first-order chi connectivity index (χ1) is 21.0. The molecule has 0 aromatic heterocycles. The molecule has 0 aliphatic carbocycles. The summed E-state index contributed by atoms with van der Waals surface area (Å²) in [5, 5.41) is 3.85. The van der Waals surface area contributed by atoms with E-state index in [1.54, 1.807) is 55.5 Å². The lowest BCUT2D eigenvalue weighted by molar-refractivity contribution is -0.140. The zero-order valence-corrected chi connectivity index (χ0v) is 27.3. The van der Waals surface area contributed by atoms with Crippen molar-refractivity contribution >= 4 is 62.3 Å². The molecule has 7 nitrogen and oxygen atoms in total. The van der Waals surface area contributed by atoms with Gasteiger partial charge in [0.2, 0.25) is 11.8 Å². The van der Waals surface area contributed by atoms with Crippen LogP contribution in [-0.2, 0) is 32.6 Å². The van der Waals surface area contributed by atoms with Crippen molar-refractivity contribution in [3.05, 3.63) is 129 Å². The van der Waals surface area contributed by atoms with E-state index in [1.807, 2.05) is 37.3 Å². The minimum atomic E-state index is -4.23. The number of halogens is 3. The van der Waals surface area contributed by atoms with Crippen LogP contribution in [0.1, 0.15) is 23.6 Å². The molecule has 2 amide bonds. The maximum absolute atomic E-state index is 14.4. The van der Waals surface area contributed by atoms with E-state index in [0.29, 0.717) is 27.2 Å². The van der Waals surface area contributed by atoms with Crippen molar-refractivity contribution in [3.8, 4) is 0 Å². The highest BCUT2D eigenvalue weighted by atomic mass is 35.5. The van der Waals surface area contributed by atoms with E-state index in [9.17, 15) is 18.0 Å².